The number of alkyl halides is 1. The van der Waals surface area contributed by atoms with Gasteiger partial charge in [-0.05, 0) is 19.1 Å². The quantitative estimate of drug-likeness (QED) is 0.625. The SMILES string of the molecule is COC(=O)[C@H]1C[C@@H](F)CN1[S+]([O-])c1ccc(C)cc1. The molecule has 0 bridgehead atoms. The van der Waals surface area contributed by atoms with Crippen molar-refractivity contribution in [2.24, 2.45) is 0 Å². The molecule has 0 radical (unpaired) electrons. The van der Waals surface area contributed by atoms with Gasteiger partial charge in [0.25, 0.3) is 0 Å². The summed E-state index contributed by atoms with van der Waals surface area (Å²) in [6.45, 7) is 1.91. The molecule has 2 rings (SSSR count). The van der Waals surface area contributed by atoms with Gasteiger partial charge < -0.3 is 9.29 Å². The number of nitrogens with zero attached hydrogens (tertiary/aromatic N) is 1. The highest BCUT2D eigenvalue weighted by Gasteiger charge is 2.45. The second-order valence-corrected chi connectivity index (χ2v) is 5.97. The molecule has 1 heterocycles. The molecule has 0 spiro atoms. The van der Waals surface area contributed by atoms with Crippen molar-refractivity contribution in [1.82, 2.24) is 4.31 Å². The average Bonchev–Trinajstić information content (AvgIpc) is 2.80. The van der Waals surface area contributed by atoms with Crippen molar-refractivity contribution in [2.45, 2.75) is 30.5 Å². The number of hydrogen-bond donors (Lipinski definition) is 0. The van der Waals surface area contributed by atoms with Crippen LogP contribution in [0.1, 0.15) is 12.0 Å². The molecule has 104 valence electrons. The van der Waals surface area contributed by atoms with Gasteiger partial charge in [0.1, 0.15) is 6.17 Å². The molecule has 1 saturated heterocycles. The predicted molar refractivity (Wildman–Crippen MR) is 69.6 cm³/mol. The first-order valence-electron chi connectivity index (χ1n) is 6.00. The molecule has 4 nitrogen and oxygen atoms in total. The minimum atomic E-state index is -1.55. The van der Waals surface area contributed by atoms with E-state index < -0.39 is 29.5 Å². The normalized spacial score (nSPS) is 25.3. The smallest absolute Gasteiger partial charge is 0.327 e. The summed E-state index contributed by atoms with van der Waals surface area (Å²) in [5, 5.41) is 0. The number of ether oxygens (including phenoxy) is 1. The lowest BCUT2D eigenvalue weighted by Gasteiger charge is -2.23. The van der Waals surface area contributed by atoms with Gasteiger partial charge >= 0.3 is 5.97 Å². The summed E-state index contributed by atoms with van der Waals surface area (Å²) in [5.41, 5.74) is 1.05. The van der Waals surface area contributed by atoms with E-state index in [2.05, 4.69) is 4.74 Å². The van der Waals surface area contributed by atoms with E-state index >= 15 is 0 Å². The summed E-state index contributed by atoms with van der Waals surface area (Å²) >= 11 is -1.55. The maximum absolute atomic E-state index is 13.5. The van der Waals surface area contributed by atoms with E-state index in [9.17, 15) is 13.7 Å². The number of aryl methyl sites for hydroxylation is 1. The number of carbonyl (C=O) groups excluding carboxylic acids is 1. The van der Waals surface area contributed by atoms with E-state index in [1.807, 2.05) is 19.1 Å². The number of hydrogen-bond acceptors (Lipinski definition) is 4. The van der Waals surface area contributed by atoms with Crippen LogP contribution in [-0.2, 0) is 20.9 Å². The van der Waals surface area contributed by atoms with Gasteiger partial charge in [-0.25, -0.2) is 4.39 Å². The molecule has 6 heteroatoms. The van der Waals surface area contributed by atoms with Crippen LogP contribution in [-0.4, -0.2) is 40.7 Å². The minimum Gasteiger partial charge on any atom is -0.593 e. The number of methoxy groups -OCH3 is 1. The predicted octanol–water partition coefficient (Wildman–Crippen LogP) is 1.60. The minimum absolute atomic E-state index is 0.0136. The zero-order chi connectivity index (χ0) is 14.0. The highest BCUT2D eigenvalue weighted by atomic mass is 32.2. The number of halogens is 1. The van der Waals surface area contributed by atoms with Crippen molar-refractivity contribution in [3.05, 3.63) is 29.8 Å². The van der Waals surface area contributed by atoms with Crippen LogP contribution < -0.4 is 0 Å². The van der Waals surface area contributed by atoms with E-state index in [-0.39, 0.29) is 13.0 Å². The fourth-order valence-corrected chi connectivity index (χ4v) is 3.42. The van der Waals surface area contributed by atoms with Gasteiger partial charge in [0.15, 0.2) is 10.9 Å². The van der Waals surface area contributed by atoms with E-state index in [1.165, 1.54) is 11.4 Å². The van der Waals surface area contributed by atoms with Crippen molar-refractivity contribution < 1.29 is 18.5 Å². The van der Waals surface area contributed by atoms with Gasteiger partial charge in [-0.1, -0.05) is 17.7 Å². The first-order valence-corrected chi connectivity index (χ1v) is 7.10. The highest BCUT2D eigenvalue weighted by molar-refractivity contribution is 7.89. The van der Waals surface area contributed by atoms with Crippen molar-refractivity contribution in [3.8, 4) is 0 Å². The van der Waals surface area contributed by atoms with Gasteiger partial charge in [-0.15, -0.1) is 4.31 Å². The van der Waals surface area contributed by atoms with Crippen molar-refractivity contribution >= 4 is 17.3 Å². The second kappa shape index (κ2) is 5.90. The lowest BCUT2D eigenvalue weighted by Crippen LogP contribution is -2.41. The first kappa shape index (κ1) is 14.3. The molecule has 1 aromatic rings. The Morgan fingerprint density at radius 1 is 1.47 bits per heavy atom. The summed E-state index contributed by atoms with van der Waals surface area (Å²) in [6, 6.07) is 6.35. The Morgan fingerprint density at radius 3 is 2.68 bits per heavy atom. The Kier molecular flexibility index (Phi) is 4.44. The fourth-order valence-electron chi connectivity index (χ4n) is 2.08. The van der Waals surface area contributed by atoms with E-state index in [0.29, 0.717) is 4.90 Å². The number of carbonyl (C=O) groups is 1. The summed E-state index contributed by atoms with van der Waals surface area (Å²) in [7, 11) is 1.25. The van der Waals surface area contributed by atoms with Crippen molar-refractivity contribution in [3.63, 3.8) is 0 Å². The molecule has 1 unspecified atom stereocenters. The summed E-state index contributed by atoms with van der Waals surface area (Å²) in [4.78, 5) is 12.2. The Morgan fingerprint density at radius 2 is 2.11 bits per heavy atom. The van der Waals surface area contributed by atoms with Crippen molar-refractivity contribution in [2.75, 3.05) is 13.7 Å². The van der Waals surface area contributed by atoms with Gasteiger partial charge in [-0.2, -0.15) is 0 Å². The van der Waals surface area contributed by atoms with Crippen LogP contribution in [0.3, 0.4) is 0 Å². The van der Waals surface area contributed by atoms with Crippen molar-refractivity contribution in [1.29, 1.82) is 0 Å². The Labute approximate surface area is 114 Å². The zero-order valence-corrected chi connectivity index (χ0v) is 11.7. The third kappa shape index (κ3) is 3.08. The largest absolute Gasteiger partial charge is 0.593 e. The Bertz CT molecular complexity index is 454. The Balaban J connectivity index is 2.18. The van der Waals surface area contributed by atoms with E-state index in [0.717, 1.165) is 5.56 Å². The van der Waals surface area contributed by atoms with Crippen LogP contribution in [0.2, 0.25) is 0 Å². The van der Waals surface area contributed by atoms with Gasteiger partial charge in [-0.3, -0.25) is 4.79 Å². The number of esters is 1. The van der Waals surface area contributed by atoms with Crippen LogP contribution in [0.25, 0.3) is 0 Å². The molecule has 0 aromatic heterocycles. The monoisotopic (exact) mass is 285 g/mol. The summed E-state index contributed by atoms with van der Waals surface area (Å²) in [6.07, 6.45) is -1.12. The van der Waals surface area contributed by atoms with Crippen LogP contribution in [0, 0.1) is 6.92 Å². The lowest BCUT2D eigenvalue weighted by molar-refractivity contribution is -0.144. The topological polar surface area (TPSA) is 52.6 Å². The summed E-state index contributed by atoms with van der Waals surface area (Å²) < 4.78 is 31.9. The molecular weight excluding hydrogens is 269 g/mol. The molecule has 1 aliphatic rings. The standard InChI is InChI=1S/C13H16FNO3S/c1-9-3-5-11(6-4-9)19(17)15-8-10(14)7-12(15)13(16)18-2/h3-6,10,12H,7-8H2,1-2H3/t10-,12-,19?/m1/s1. The molecule has 1 aliphatic heterocycles. The second-order valence-electron chi connectivity index (χ2n) is 4.53. The molecule has 0 saturated carbocycles. The third-order valence-corrected chi connectivity index (χ3v) is 4.62. The maximum Gasteiger partial charge on any atom is 0.327 e. The molecule has 3 atom stereocenters. The maximum atomic E-state index is 13.5. The molecule has 0 aliphatic carbocycles. The average molecular weight is 285 g/mol. The fraction of sp³-hybridized carbons (Fsp3) is 0.462. The highest BCUT2D eigenvalue weighted by Crippen LogP contribution is 2.28. The van der Waals surface area contributed by atoms with Crippen LogP contribution in [0.15, 0.2) is 29.2 Å². The molecular formula is C13H16FNO3S. The van der Waals surface area contributed by atoms with Crippen LogP contribution in [0.4, 0.5) is 4.39 Å². The molecule has 1 aromatic carbocycles. The van der Waals surface area contributed by atoms with Gasteiger partial charge in [0, 0.05) is 6.42 Å². The van der Waals surface area contributed by atoms with Gasteiger partial charge in [0.05, 0.1) is 25.0 Å². The van der Waals surface area contributed by atoms with E-state index in [4.69, 9.17) is 0 Å². The van der Waals surface area contributed by atoms with Crippen LogP contribution in [0.5, 0.6) is 0 Å². The van der Waals surface area contributed by atoms with Gasteiger partial charge in [0.2, 0.25) is 0 Å². The molecule has 0 amide bonds. The number of benzene rings is 1. The first-order chi connectivity index (χ1) is 9.02. The van der Waals surface area contributed by atoms with E-state index in [1.54, 1.807) is 12.1 Å². The lowest BCUT2D eigenvalue weighted by atomic mass is 10.2. The number of rotatable bonds is 3. The molecule has 1 fully saturated rings. The zero-order valence-electron chi connectivity index (χ0n) is 10.8. The third-order valence-electron chi connectivity index (χ3n) is 3.11. The molecule has 0 N–H and O–H groups in total. The molecule has 19 heavy (non-hydrogen) atoms. The Hall–Kier alpha value is -1.11. The van der Waals surface area contributed by atoms with Crippen LogP contribution >= 0.6 is 0 Å². The summed E-state index contributed by atoms with van der Waals surface area (Å²) in [5.74, 6) is -0.541.